The van der Waals surface area contributed by atoms with Crippen LogP contribution in [0, 0.1) is 5.41 Å². The SMILES string of the molecule is CNC(=O)c1n[nH]c2ccc(C(=O)N3C4C(=O)CC5(CCNCC5)CC4=CN3C(C)(C)C)cc12. The summed E-state index contributed by atoms with van der Waals surface area (Å²) in [6, 6.07) is 4.58. The molecule has 1 saturated carbocycles. The Balaban J connectivity index is 1.53. The number of ketones is 1. The van der Waals surface area contributed by atoms with Gasteiger partial charge in [0.15, 0.2) is 11.5 Å². The zero-order chi connectivity index (χ0) is 24.3. The van der Waals surface area contributed by atoms with E-state index in [2.05, 4.69) is 20.8 Å². The number of hydrogen-bond acceptors (Lipinski definition) is 6. The number of aromatic amines is 1. The number of hydrazine groups is 1. The lowest BCUT2D eigenvalue weighted by molar-refractivity contribution is -0.132. The zero-order valence-electron chi connectivity index (χ0n) is 20.2. The average molecular weight is 465 g/mol. The predicted molar refractivity (Wildman–Crippen MR) is 128 cm³/mol. The Bertz CT molecular complexity index is 1200. The van der Waals surface area contributed by atoms with Gasteiger partial charge >= 0.3 is 0 Å². The van der Waals surface area contributed by atoms with Crippen molar-refractivity contribution in [1.82, 2.24) is 30.8 Å². The van der Waals surface area contributed by atoms with E-state index in [4.69, 9.17) is 0 Å². The number of fused-ring (bicyclic) bond motifs is 2. The molecule has 1 saturated heterocycles. The summed E-state index contributed by atoms with van der Waals surface area (Å²) in [4.78, 5) is 39.8. The number of amides is 2. The number of rotatable bonds is 2. The van der Waals surface area contributed by atoms with Crippen LogP contribution < -0.4 is 10.6 Å². The van der Waals surface area contributed by atoms with Crippen LogP contribution in [-0.2, 0) is 4.79 Å². The fourth-order valence-electron chi connectivity index (χ4n) is 5.63. The fraction of sp³-hybridized carbons (Fsp3) is 0.520. The minimum atomic E-state index is -0.578. The quantitative estimate of drug-likeness (QED) is 0.630. The maximum Gasteiger partial charge on any atom is 0.273 e. The maximum absolute atomic E-state index is 13.9. The van der Waals surface area contributed by atoms with Crippen molar-refractivity contribution in [2.45, 2.75) is 58.0 Å². The van der Waals surface area contributed by atoms with E-state index in [0.29, 0.717) is 22.9 Å². The van der Waals surface area contributed by atoms with Gasteiger partial charge in [-0.25, -0.2) is 5.01 Å². The number of nitrogens with zero attached hydrogens (tertiary/aromatic N) is 3. The molecule has 3 heterocycles. The van der Waals surface area contributed by atoms with Crippen molar-refractivity contribution in [3.63, 3.8) is 0 Å². The summed E-state index contributed by atoms with van der Waals surface area (Å²) >= 11 is 0. The van der Waals surface area contributed by atoms with Gasteiger partial charge in [-0.15, -0.1) is 0 Å². The second-order valence-electron chi connectivity index (χ2n) is 10.8. The molecule has 2 fully saturated rings. The molecular weight excluding hydrogens is 432 g/mol. The molecular formula is C25H32N6O3. The number of carbonyl (C=O) groups is 3. The minimum absolute atomic E-state index is 0.00853. The lowest BCUT2D eigenvalue weighted by Gasteiger charge is -2.45. The van der Waals surface area contributed by atoms with E-state index < -0.39 is 11.6 Å². The molecule has 1 aliphatic carbocycles. The van der Waals surface area contributed by atoms with Gasteiger partial charge in [-0.3, -0.25) is 24.5 Å². The van der Waals surface area contributed by atoms with Gasteiger partial charge in [-0.1, -0.05) is 0 Å². The molecule has 3 aliphatic rings. The standard InChI is InChI=1S/C25H32N6O3/c1-24(2,3)30-14-16-12-25(7-9-27-10-8-25)13-19(32)21(16)31(30)23(34)15-5-6-18-17(11-15)20(29-28-18)22(33)26-4/h5-6,11,14,21,27H,7-10,12-13H2,1-4H3,(H,26,33)(H,28,29). The van der Waals surface area contributed by atoms with Gasteiger partial charge in [0, 0.05) is 30.6 Å². The molecule has 0 bridgehead atoms. The van der Waals surface area contributed by atoms with Gasteiger partial charge in [0.2, 0.25) is 0 Å². The summed E-state index contributed by atoms with van der Waals surface area (Å²) in [7, 11) is 1.54. The number of benzene rings is 1. The summed E-state index contributed by atoms with van der Waals surface area (Å²) in [5.74, 6) is -0.478. The highest BCUT2D eigenvalue weighted by Crippen LogP contribution is 2.48. The van der Waals surface area contributed by atoms with Gasteiger partial charge in [-0.05, 0) is 82.3 Å². The maximum atomic E-state index is 13.9. The van der Waals surface area contributed by atoms with Crippen LogP contribution in [0.5, 0.6) is 0 Å². The second-order valence-corrected chi connectivity index (χ2v) is 10.8. The van der Waals surface area contributed by atoms with Crippen LogP contribution in [0.25, 0.3) is 10.9 Å². The second kappa shape index (κ2) is 7.94. The van der Waals surface area contributed by atoms with Crippen molar-refractivity contribution >= 4 is 28.5 Å². The Kier molecular flexibility index (Phi) is 5.27. The zero-order valence-corrected chi connectivity index (χ0v) is 20.2. The Morgan fingerprint density at radius 3 is 2.59 bits per heavy atom. The van der Waals surface area contributed by atoms with Gasteiger partial charge in [0.05, 0.1) is 11.1 Å². The largest absolute Gasteiger partial charge is 0.354 e. The van der Waals surface area contributed by atoms with E-state index in [-0.39, 0.29) is 28.7 Å². The molecule has 2 aliphatic heterocycles. The number of hydrogen-bond donors (Lipinski definition) is 3. The first-order valence-corrected chi connectivity index (χ1v) is 11.9. The van der Waals surface area contributed by atoms with E-state index in [0.717, 1.165) is 37.9 Å². The van der Waals surface area contributed by atoms with Crippen LogP contribution in [0.3, 0.4) is 0 Å². The van der Waals surface area contributed by atoms with Crippen LogP contribution in [0.1, 0.15) is 67.3 Å². The number of Topliss-reactive ketones (excluding diaryl/α,β-unsaturated/α-hetero) is 1. The summed E-state index contributed by atoms with van der Waals surface area (Å²) in [5.41, 5.74) is 1.95. The molecule has 9 nitrogen and oxygen atoms in total. The minimum Gasteiger partial charge on any atom is -0.354 e. The van der Waals surface area contributed by atoms with Gasteiger partial charge in [0.25, 0.3) is 11.8 Å². The topological polar surface area (TPSA) is 110 Å². The fourth-order valence-corrected chi connectivity index (χ4v) is 5.63. The van der Waals surface area contributed by atoms with E-state index >= 15 is 0 Å². The van der Waals surface area contributed by atoms with E-state index in [9.17, 15) is 14.4 Å². The summed E-state index contributed by atoms with van der Waals surface area (Å²) in [5, 5.41) is 17.0. The van der Waals surface area contributed by atoms with Crippen molar-refractivity contribution in [2.75, 3.05) is 20.1 Å². The first-order valence-electron chi connectivity index (χ1n) is 11.9. The highest BCUT2D eigenvalue weighted by Gasteiger charge is 2.52. The highest BCUT2D eigenvalue weighted by molar-refractivity contribution is 6.08. The highest BCUT2D eigenvalue weighted by atomic mass is 16.2. The number of carbonyl (C=O) groups excluding carboxylic acids is 3. The number of aromatic nitrogens is 2. The van der Waals surface area contributed by atoms with Gasteiger partial charge < -0.3 is 10.6 Å². The Morgan fingerprint density at radius 1 is 1.18 bits per heavy atom. The third-order valence-corrected chi connectivity index (χ3v) is 7.36. The summed E-state index contributed by atoms with van der Waals surface area (Å²) in [6.07, 6.45) is 5.32. The predicted octanol–water partition coefficient (Wildman–Crippen LogP) is 2.38. The van der Waals surface area contributed by atoms with Crippen molar-refractivity contribution in [1.29, 1.82) is 0 Å². The first-order chi connectivity index (χ1) is 16.1. The van der Waals surface area contributed by atoms with E-state index in [1.54, 1.807) is 30.3 Å². The molecule has 1 aromatic heterocycles. The summed E-state index contributed by atoms with van der Waals surface area (Å²) in [6.45, 7) is 7.96. The lowest BCUT2D eigenvalue weighted by atomic mass is 9.65. The molecule has 5 rings (SSSR count). The Morgan fingerprint density at radius 2 is 1.91 bits per heavy atom. The van der Waals surface area contributed by atoms with Crippen molar-refractivity contribution in [3.05, 3.63) is 41.2 Å². The molecule has 1 unspecified atom stereocenters. The third-order valence-electron chi connectivity index (χ3n) is 7.36. The van der Waals surface area contributed by atoms with Crippen LogP contribution in [0.4, 0.5) is 0 Å². The molecule has 2 aromatic rings. The van der Waals surface area contributed by atoms with Crippen molar-refractivity contribution in [2.24, 2.45) is 5.41 Å². The van der Waals surface area contributed by atoms with Gasteiger partial charge in [-0.2, -0.15) is 5.10 Å². The molecule has 3 N–H and O–H groups in total. The molecule has 34 heavy (non-hydrogen) atoms. The molecule has 0 radical (unpaired) electrons. The molecule has 180 valence electrons. The first kappa shape index (κ1) is 22.6. The molecule has 1 spiro atoms. The van der Waals surface area contributed by atoms with Crippen LogP contribution in [0.15, 0.2) is 30.0 Å². The lowest BCUT2D eigenvalue weighted by Crippen LogP contribution is -2.57. The molecule has 2 amide bonds. The van der Waals surface area contributed by atoms with Gasteiger partial charge in [0.1, 0.15) is 6.04 Å². The monoisotopic (exact) mass is 464 g/mol. The molecule has 9 heteroatoms. The third kappa shape index (κ3) is 3.58. The van der Waals surface area contributed by atoms with Crippen molar-refractivity contribution < 1.29 is 14.4 Å². The number of H-pyrrole nitrogens is 1. The van der Waals surface area contributed by atoms with Crippen LogP contribution >= 0.6 is 0 Å². The number of nitrogens with one attached hydrogen (secondary N) is 3. The normalized spacial score (nSPS) is 22.2. The Hall–Kier alpha value is -3.20. The summed E-state index contributed by atoms with van der Waals surface area (Å²) < 4.78 is 0. The van der Waals surface area contributed by atoms with Crippen molar-refractivity contribution in [3.8, 4) is 0 Å². The van der Waals surface area contributed by atoms with Crippen LogP contribution in [0.2, 0.25) is 0 Å². The smallest absolute Gasteiger partial charge is 0.273 e. The average Bonchev–Trinajstić information content (AvgIpc) is 3.40. The molecule has 1 atom stereocenters. The molecule has 1 aromatic carbocycles. The van der Waals surface area contributed by atoms with Crippen LogP contribution in [-0.4, -0.2) is 69.5 Å². The number of piperidine rings is 1. The Labute approximate surface area is 198 Å². The van der Waals surface area contributed by atoms with E-state index in [1.165, 1.54) is 0 Å². The van der Waals surface area contributed by atoms with E-state index in [1.807, 2.05) is 32.0 Å².